The summed E-state index contributed by atoms with van der Waals surface area (Å²) in [6.07, 6.45) is -0.782. The fourth-order valence-electron chi connectivity index (χ4n) is 2.67. The molecule has 0 aliphatic rings. The number of carboxylic acid groups (broad SMARTS) is 1. The Morgan fingerprint density at radius 2 is 1.21 bits per heavy atom. The summed E-state index contributed by atoms with van der Waals surface area (Å²) in [5.74, 6) is -5.47. The molecule has 0 bridgehead atoms. The SMILES string of the molecule is NCC(=O)NC(CCC(N)=O)C(=O)NC(CCC(N)=O)C(=O)NC(CCCN=C(N)N)C(=O)O. The van der Waals surface area contributed by atoms with Crippen molar-refractivity contribution in [2.24, 2.45) is 33.7 Å². The summed E-state index contributed by atoms with van der Waals surface area (Å²) in [6, 6.07) is -3.97. The molecule has 0 saturated carbocycles. The van der Waals surface area contributed by atoms with Crippen molar-refractivity contribution in [3.63, 3.8) is 0 Å². The molecule has 0 heterocycles. The van der Waals surface area contributed by atoms with Crippen molar-refractivity contribution in [3.05, 3.63) is 0 Å². The highest BCUT2D eigenvalue weighted by atomic mass is 16.4. The lowest BCUT2D eigenvalue weighted by atomic mass is 10.1. The third-order valence-corrected chi connectivity index (χ3v) is 4.39. The van der Waals surface area contributed by atoms with Crippen LogP contribution in [0.25, 0.3) is 0 Å². The van der Waals surface area contributed by atoms with Crippen LogP contribution in [0.4, 0.5) is 0 Å². The van der Waals surface area contributed by atoms with Crippen molar-refractivity contribution in [2.75, 3.05) is 13.1 Å². The van der Waals surface area contributed by atoms with E-state index in [4.69, 9.17) is 28.7 Å². The van der Waals surface area contributed by atoms with Crippen LogP contribution in [0, 0.1) is 0 Å². The Kier molecular flexibility index (Phi) is 14.0. The Balaban J connectivity index is 5.43. The number of aliphatic carboxylic acids is 1. The number of nitrogens with two attached hydrogens (primary N) is 5. The molecule has 16 heteroatoms. The molecular formula is C18H33N9O7. The van der Waals surface area contributed by atoms with Gasteiger partial charge in [0.05, 0.1) is 6.54 Å². The van der Waals surface area contributed by atoms with E-state index >= 15 is 0 Å². The van der Waals surface area contributed by atoms with Crippen LogP contribution in [0.1, 0.15) is 38.5 Å². The monoisotopic (exact) mass is 487 g/mol. The van der Waals surface area contributed by atoms with E-state index in [0.717, 1.165) is 0 Å². The molecule has 0 aliphatic carbocycles. The molecule has 3 atom stereocenters. The predicted molar refractivity (Wildman–Crippen MR) is 119 cm³/mol. The van der Waals surface area contributed by atoms with Crippen LogP contribution in [-0.2, 0) is 28.8 Å². The zero-order valence-corrected chi connectivity index (χ0v) is 18.6. The average molecular weight is 488 g/mol. The van der Waals surface area contributed by atoms with Gasteiger partial charge in [-0.25, -0.2) is 4.79 Å². The summed E-state index contributed by atoms with van der Waals surface area (Å²) in [5.41, 5.74) is 25.8. The van der Waals surface area contributed by atoms with Gasteiger partial charge in [0.15, 0.2) is 5.96 Å². The first-order chi connectivity index (χ1) is 15.9. The van der Waals surface area contributed by atoms with Crippen LogP contribution in [-0.4, -0.2) is 77.8 Å². The van der Waals surface area contributed by atoms with E-state index in [0.29, 0.717) is 0 Å². The summed E-state index contributed by atoms with van der Waals surface area (Å²) in [5, 5.41) is 16.3. The summed E-state index contributed by atoms with van der Waals surface area (Å²) in [4.78, 5) is 74.6. The number of nitrogens with zero attached hydrogens (tertiary/aromatic N) is 1. The molecule has 0 saturated heterocycles. The van der Waals surface area contributed by atoms with Crippen molar-refractivity contribution in [1.82, 2.24) is 16.0 Å². The van der Waals surface area contributed by atoms with Crippen molar-refractivity contribution < 1.29 is 33.9 Å². The van der Waals surface area contributed by atoms with Crippen LogP contribution in [0.3, 0.4) is 0 Å². The Morgan fingerprint density at radius 3 is 1.62 bits per heavy atom. The van der Waals surface area contributed by atoms with Gasteiger partial charge in [-0.05, 0) is 25.7 Å². The van der Waals surface area contributed by atoms with E-state index in [-0.39, 0.29) is 51.0 Å². The maximum Gasteiger partial charge on any atom is 0.326 e. The Hall–Kier alpha value is -3.95. The second kappa shape index (κ2) is 15.8. The Bertz CT molecular complexity index is 784. The van der Waals surface area contributed by atoms with Crippen LogP contribution >= 0.6 is 0 Å². The number of nitrogens with one attached hydrogen (secondary N) is 3. The number of carbonyl (C=O) groups excluding carboxylic acids is 5. The van der Waals surface area contributed by atoms with Gasteiger partial charge in [0, 0.05) is 19.4 Å². The molecule has 0 aromatic carbocycles. The minimum Gasteiger partial charge on any atom is -0.480 e. The molecule has 0 rings (SSSR count). The molecule has 34 heavy (non-hydrogen) atoms. The lowest BCUT2D eigenvalue weighted by Gasteiger charge is -2.24. The van der Waals surface area contributed by atoms with Gasteiger partial charge in [-0.15, -0.1) is 0 Å². The highest BCUT2D eigenvalue weighted by molar-refractivity contribution is 5.94. The number of rotatable bonds is 17. The second-order valence-corrected chi connectivity index (χ2v) is 7.24. The van der Waals surface area contributed by atoms with Gasteiger partial charge in [0.1, 0.15) is 18.1 Å². The minimum absolute atomic E-state index is 0.0257. The molecule has 0 aromatic rings. The van der Waals surface area contributed by atoms with Crippen molar-refractivity contribution in [2.45, 2.75) is 56.7 Å². The third-order valence-electron chi connectivity index (χ3n) is 4.39. The molecular weight excluding hydrogens is 454 g/mol. The molecule has 0 spiro atoms. The molecule has 14 N–H and O–H groups in total. The number of guanidine groups is 1. The van der Waals surface area contributed by atoms with Gasteiger partial charge >= 0.3 is 5.97 Å². The van der Waals surface area contributed by atoms with Gasteiger partial charge in [-0.1, -0.05) is 0 Å². The topological polar surface area (TPSA) is 301 Å². The number of hydrogen-bond acceptors (Lipinski definition) is 8. The van der Waals surface area contributed by atoms with Gasteiger partial charge in [0.2, 0.25) is 29.5 Å². The summed E-state index contributed by atoms with van der Waals surface area (Å²) in [6.45, 7) is -0.307. The highest BCUT2D eigenvalue weighted by Gasteiger charge is 2.29. The van der Waals surface area contributed by atoms with E-state index in [1.54, 1.807) is 0 Å². The molecule has 0 fully saturated rings. The maximum absolute atomic E-state index is 12.7. The number of primary amides is 2. The van der Waals surface area contributed by atoms with E-state index in [2.05, 4.69) is 20.9 Å². The van der Waals surface area contributed by atoms with Crippen LogP contribution in [0.15, 0.2) is 4.99 Å². The summed E-state index contributed by atoms with van der Waals surface area (Å²) < 4.78 is 0. The fraction of sp³-hybridized carbons (Fsp3) is 0.611. The minimum atomic E-state index is -1.37. The average Bonchev–Trinajstić information content (AvgIpc) is 2.74. The van der Waals surface area contributed by atoms with Crippen molar-refractivity contribution in [3.8, 4) is 0 Å². The van der Waals surface area contributed by atoms with Crippen molar-refractivity contribution >= 4 is 41.5 Å². The lowest BCUT2D eigenvalue weighted by Crippen LogP contribution is -2.56. The van der Waals surface area contributed by atoms with Crippen LogP contribution < -0.4 is 44.6 Å². The molecule has 0 aromatic heterocycles. The zero-order chi connectivity index (χ0) is 26.3. The first-order valence-corrected chi connectivity index (χ1v) is 10.3. The largest absolute Gasteiger partial charge is 0.480 e. The third kappa shape index (κ3) is 13.5. The number of aliphatic imine (C=N–C) groups is 1. The van der Waals surface area contributed by atoms with Crippen LogP contribution in [0.5, 0.6) is 0 Å². The number of carboxylic acids is 1. The van der Waals surface area contributed by atoms with E-state index in [1.165, 1.54) is 0 Å². The zero-order valence-electron chi connectivity index (χ0n) is 18.6. The number of carbonyl (C=O) groups is 6. The summed E-state index contributed by atoms with van der Waals surface area (Å²) >= 11 is 0. The molecule has 16 nitrogen and oxygen atoms in total. The first-order valence-electron chi connectivity index (χ1n) is 10.3. The predicted octanol–water partition coefficient (Wildman–Crippen LogP) is -4.93. The summed E-state index contributed by atoms with van der Waals surface area (Å²) in [7, 11) is 0. The van der Waals surface area contributed by atoms with Gasteiger partial charge in [-0.2, -0.15) is 0 Å². The smallest absolute Gasteiger partial charge is 0.326 e. The Labute approximate surface area is 195 Å². The van der Waals surface area contributed by atoms with E-state index in [1.807, 2.05) is 0 Å². The number of hydrogen-bond donors (Lipinski definition) is 9. The van der Waals surface area contributed by atoms with Gasteiger partial charge in [-0.3, -0.25) is 29.0 Å². The van der Waals surface area contributed by atoms with Gasteiger partial charge < -0.3 is 49.7 Å². The first kappa shape index (κ1) is 30.0. The second-order valence-electron chi connectivity index (χ2n) is 7.24. The normalized spacial score (nSPS) is 13.0. The van der Waals surface area contributed by atoms with E-state index < -0.39 is 60.2 Å². The molecule has 192 valence electrons. The van der Waals surface area contributed by atoms with Crippen LogP contribution in [0.2, 0.25) is 0 Å². The Morgan fingerprint density at radius 1 is 0.735 bits per heavy atom. The van der Waals surface area contributed by atoms with Crippen molar-refractivity contribution in [1.29, 1.82) is 0 Å². The van der Waals surface area contributed by atoms with E-state index in [9.17, 15) is 33.9 Å². The maximum atomic E-state index is 12.7. The molecule has 0 radical (unpaired) electrons. The van der Waals surface area contributed by atoms with Gasteiger partial charge in [0.25, 0.3) is 0 Å². The molecule has 3 unspecified atom stereocenters. The molecule has 0 aliphatic heterocycles. The fourth-order valence-corrected chi connectivity index (χ4v) is 2.67. The lowest BCUT2D eigenvalue weighted by molar-refractivity contribution is -0.142. The standard InChI is InChI=1S/C18H33N9O7/c19-8-14(30)25-9(3-5-12(20)28)15(31)26-10(4-6-13(21)29)16(32)27-11(17(33)34)2-1-7-24-18(22)23/h9-11H,1-8,19H2,(H2,20,28)(H2,21,29)(H,25,30)(H,26,31)(H,27,32)(H,33,34)(H4,22,23,24). The highest BCUT2D eigenvalue weighted by Crippen LogP contribution is 2.05. The number of amides is 5. The molecule has 5 amide bonds. The quantitative estimate of drug-likeness (QED) is 0.0534.